The number of rotatable bonds is 3. The molecule has 10 heteroatoms. The Balaban J connectivity index is 2.59. The number of aliphatic hydroxyl groups is 2. The summed E-state index contributed by atoms with van der Waals surface area (Å²) < 4.78 is 29.9. The molecule has 3 N–H and O–H groups in total. The summed E-state index contributed by atoms with van der Waals surface area (Å²) in [6.45, 7) is 0.847. The molecule has 0 aromatic carbocycles. The molecule has 118 valence electrons. The van der Waals surface area contributed by atoms with Crippen molar-refractivity contribution in [1.29, 1.82) is 0 Å². The van der Waals surface area contributed by atoms with E-state index in [1.54, 1.807) is 0 Å². The van der Waals surface area contributed by atoms with E-state index in [1.165, 1.54) is 6.92 Å². The topological polar surface area (TPSA) is 139 Å². The van der Waals surface area contributed by atoms with E-state index in [9.17, 15) is 23.1 Å². The molecule has 1 fully saturated rings. The second-order valence-electron chi connectivity index (χ2n) is 5.01. The molecule has 21 heavy (non-hydrogen) atoms. The van der Waals surface area contributed by atoms with Crippen molar-refractivity contribution in [2.24, 2.45) is 0 Å². The third-order valence-electron chi connectivity index (χ3n) is 3.41. The first kappa shape index (κ1) is 15.9. The van der Waals surface area contributed by atoms with E-state index >= 15 is 0 Å². The number of nitrogens with zero attached hydrogens (tertiary/aromatic N) is 1. The number of aromatic amines is 1. The minimum absolute atomic E-state index is 0.187. The molecule has 2 rings (SSSR count). The fourth-order valence-corrected chi connectivity index (χ4v) is 3.63. The highest BCUT2D eigenvalue weighted by atomic mass is 32.2. The number of H-pyrrole nitrogens is 1. The molecule has 0 amide bonds. The molecule has 1 saturated heterocycles. The molecule has 0 radical (unpaired) electrons. The van der Waals surface area contributed by atoms with Crippen molar-refractivity contribution in [3.63, 3.8) is 0 Å². The van der Waals surface area contributed by atoms with Gasteiger partial charge in [-0.15, -0.1) is 0 Å². The van der Waals surface area contributed by atoms with Gasteiger partial charge in [0.15, 0.2) is 16.1 Å². The van der Waals surface area contributed by atoms with Crippen LogP contribution in [0.3, 0.4) is 0 Å². The molecule has 0 saturated carbocycles. The number of hydrogen-bond acceptors (Lipinski definition) is 7. The first-order valence-electron chi connectivity index (χ1n) is 6.12. The summed E-state index contributed by atoms with van der Waals surface area (Å²) in [5.74, 6) is 0. The van der Waals surface area contributed by atoms with E-state index in [-0.39, 0.29) is 5.56 Å². The number of nitrogens with one attached hydrogen (secondary N) is 1. The van der Waals surface area contributed by atoms with Crippen LogP contribution in [-0.4, -0.2) is 58.5 Å². The van der Waals surface area contributed by atoms with Crippen LogP contribution in [-0.2, 0) is 14.6 Å². The Morgan fingerprint density at radius 2 is 2.05 bits per heavy atom. The summed E-state index contributed by atoms with van der Waals surface area (Å²) in [7, 11) is -3.77. The number of ether oxygens (including phenoxy) is 1. The summed E-state index contributed by atoms with van der Waals surface area (Å²) in [5, 5.41) is 17.7. The molecule has 0 aliphatic carbocycles. The summed E-state index contributed by atoms with van der Waals surface area (Å²) in [6, 6.07) is 0. The molecule has 0 unspecified atom stereocenters. The Hall–Kier alpha value is -1.49. The lowest BCUT2D eigenvalue weighted by atomic mass is 10.2. The van der Waals surface area contributed by atoms with Crippen LogP contribution in [0.4, 0.5) is 0 Å². The number of aliphatic hydroxyl groups excluding tert-OH is 2. The predicted molar refractivity (Wildman–Crippen MR) is 71.7 cm³/mol. The fraction of sp³-hybridized carbons (Fsp3) is 0.636. The van der Waals surface area contributed by atoms with Crippen molar-refractivity contribution in [1.82, 2.24) is 9.55 Å². The average Bonchev–Trinajstić information content (AvgIpc) is 2.70. The van der Waals surface area contributed by atoms with Gasteiger partial charge in [0.25, 0.3) is 5.56 Å². The van der Waals surface area contributed by atoms with Crippen molar-refractivity contribution in [3.8, 4) is 0 Å². The lowest BCUT2D eigenvalue weighted by Crippen LogP contribution is -2.42. The Morgan fingerprint density at radius 3 is 2.57 bits per heavy atom. The van der Waals surface area contributed by atoms with E-state index in [1.807, 2.05) is 4.98 Å². The molecular weight excluding hydrogens is 304 g/mol. The molecule has 1 aromatic heterocycles. The number of aromatic nitrogens is 2. The Kier molecular flexibility index (Phi) is 4.06. The normalized spacial score (nSPS) is 29.7. The molecule has 1 aliphatic heterocycles. The first-order chi connectivity index (χ1) is 9.66. The first-order valence-corrected chi connectivity index (χ1v) is 8.07. The summed E-state index contributed by atoms with van der Waals surface area (Å²) in [4.78, 5) is 25.2. The van der Waals surface area contributed by atoms with Crippen molar-refractivity contribution in [2.45, 2.75) is 30.6 Å². The van der Waals surface area contributed by atoms with Gasteiger partial charge in [-0.1, -0.05) is 0 Å². The molecule has 1 aromatic rings. The second-order valence-corrected chi connectivity index (χ2v) is 7.21. The zero-order valence-corrected chi connectivity index (χ0v) is 12.2. The van der Waals surface area contributed by atoms with E-state index < -0.39 is 51.4 Å². The minimum Gasteiger partial charge on any atom is -0.394 e. The van der Waals surface area contributed by atoms with Gasteiger partial charge in [-0.3, -0.25) is 14.3 Å². The minimum atomic E-state index is -3.77. The van der Waals surface area contributed by atoms with Crippen LogP contribution in [0.25, 0.3) is 0 Å². The van der Waals surface area contributed by atoms with Crippen LogP contribution < -0.4 is 11.2 Å². The summed E-state index contributed by atoms with van der Waals surface area (Å²) in [6.07, 6.45) is -1.87. The maximum atomic E-state index is 11.8. The Bertz CT molecular complexity index is 751. The highest BCUT2D eigenvalue weighted by Crippen LogP contribution is 2.32. The third kappa shape index (κ3) is 2.79. The SMILES string of the molecule is Cc1cn([C@@H]2O[C@H](CO)[C@@H](O)[C@H]2S(C)(=O)=O)c(=O)[nH]c1=O. The number of aryl methyl sites for hydroxylation is 1. The molecule has 1 aliphatic rings. The molecule has 0 spiro atoms. The van der Waals surface area contributed by atoms with Crippen molar-refractivity contribution < 1.29 is 23.4 Å². The molecular formula is C11H16N2O7S. The van der Waals surface area contributed by atoms with Gasteiger partial charge in [-0.05, 0) is 6.92 Å². The van der Waals surface area contributed by atoms with Crippen LogP contribution in [0.2, 0.25) is 0 Å². The lowest BCUT2D eigenvalue weighted by Gasteiger charge is -2.20. The number of sulfone groups is 1. The standard InChI is InChI=1S/C11H16N2O7S/c1-5-3-13(11(17)12-9(5)16)10-8(21(2,18)19)7(15)6(4-14)20-10/h3,6-8,10,14-15H,4H2,1-2H3,(H,12,16,17)/t6-,7-,8-,10-/m1/s1. The van der Waals surface area contributed by atoms with Gasteiger partial charge in [-0.25, -0.2) is 13.2 Å². The lowest BCUT2D eigenvalue weighted by molar-refractivity contribution is -0.0458. The Labute approximate surface area is 119 Å². The maximum absolute atomic E-state index is 11.8. The van der Waals surface area contributed by atoms with Gasteiger partial charge < -0.3 is 14.9 Å². The highest BCUT2D eigenvalue weighted by Gasteiger charge is 2.50. The largest absolute Gasteiger partial charge is 0.394 e. The van der Waals surface area contributed by atoms with Crippen LogP contribution in [0, 0.1) is 6.92 Å². The van der Waals surface area contributed by atoms with E-state index in [0.717, 1.165) is 17.0 Å². The van der Waals surface area contributed by atoms with Gasteiger partial charge >= 0.3 is 5.69 Å². The summed E-state index contributed by atoms with van der Waals surface area (Å²) in [5.41, 5.74) is -1.26. The zero-order chi connectivity index (χ0) is 15.9. The third-order valence-corrected chi connectivity index (χ3v) is 4.91. The molecule has 9 nitrogen and oxygen atoms in total. The smallest absolute Gasteiger partial charge is 0.330 e. The van der Waals surface area contributed by atoms with Gasteiger partial charge in [-0.2, -0.15) is 0 Å². The monoisotopic (exact) mass is 320 g/mol. The van der Waals surface area contributed by atoms with Gasteiger partial charge in [0.1, 0.15) is 17.5 Å². The van der Waals surface area contributed by atoms with Crippen molar-refractivity contribution >= 4 is 9.84 Å². The molecule has 4 atom stereocenters. The van der Waals surface area contributed by atoms with Gasteiger partial charge in [0.2, 0.25) is 0 Å². The Morgan fingerprint density at radius 1 is 1.43 bits per heavy atom. The quantitative estimate of drug-likeness (QED) is 0.560. The van der Waals surface area contributed by atoms with Crippen molar-refractivity contribution in [3.05, 3.63) is 32.6 Å². The van der Waals surface area contributed by atoms with E-state index in [2.05, 4.69) is 0 Å². The zero-order valence-electron chi connectivity index (χ0n) is 11.4. The van der Waals surface area contributed by atoms with Crippen LogP contribution in [0.5, 0.6) is 0 Å². The van der Waals surface area contributed by atoms with Crippen LogP contribution >= 0.6 is 0 Å². The maximum Gasteiger partial charge on any atom is 0.330 e. The van der Waals surface area contributed by atoms with Gasteiger partial charge in [0.05, 0.1) is 6.61 Å². The fourth-order valence-electron chi connectivity index (χ4n) is 2.33. The second kappa shape index (κ2) is 5.37. The predicted octanol–water partition coefficient (Wildman–Crippen LogP) is -2.49. The van der Waals surface area contributed by atoms with Crippen LogP contribution in [0.1, 0.15) is 11.8 Å². The van der Waals surface area contributed by atoms with E-state index in [0.29, 0.717) is 0 Å². The van der Waals surface area contributed by atoms with Gasteiger partial charge in [0, 0.05) is 18.0 Å². The molecule has 2 heterocycles. The molecule has 0 bridgehead atoms. The van der Waals surface area contributed by atoms with Crippen molar-refractivity contribution in [2.75, 3.05) is 12.9 Å². The average molecular weight is 320 g/mol. The van der Waals surface area contributed by atoms with E-state index in [4.69, 9.17) is 9.84 Å². The highest BCUT2D eigenvalue weighted by molar-refractivity contribution is 7.91. The van der Waals surface area contributed by atoms with Crippen LogP contribution in [0.15, 0.2) is 15.8 Å². The summed E-state index contributed by atoms with van der Waals surface area (Å²) >= 11 is 0. The number of hydrogen-bond donors (Lipinski definition) is 3.